The molecular weight excluding hydrogens is 304 g/mol. The molecule has 24 heavy (non-hydrogen) atoms. The van der Waals surface area contributed by atoms with E-state index >= 15 is 0 Å². The second kappa shape index (κ2) is 7.40. The molecule has 0 radical (unpaired) electrons. The van der Waals surface area contributed by atoms with E-state index in [1.807, 2.05) is 38.1 Å². The number of carbonyl (C=O) groups is 1. The molecule has 0 spiro atoms. The summed E-state index contributed by atoms with van der Waals surface area (Å²) in [5, 5.41) is 2.89. The molecule has 6 heteroatoms. The number of aryl methyl sites for hydroxylation is 2. The molecule has 1 aliphatic heterocycles. The Hall–Kier alpha value is -2.47. The maximum Gasteiger partial charge on any atom is 0.251 e. The number of morpholine rings is 1. The van der Waals surface area contributed by atoms with Crippen molar-refractivity contribution in [1.82, 2.24) is 15.3 Å². The number of nitrogens with zero attached hydrogens (tertiary/aromatic N) is 3. The van der Waals surface area contributed by atoms with Crippen LogP contribution in [0.1, 0.15) is 27.3 Å². The number of nitrogens with one attached hydrogen (secondary N) is 1. The van der Waals surface area contributed by atoms with Gasteiger partial charge in [0.15, 0.2) is 0 Å². The Balaban J connectivity index is 1.64. The van der Waals surface area contributed by atoms with Crippen LogP contribution in [0.5, 0.6) is 0 Å². The van der Waals surface area contributed by atoms with Gasteiger partial charge in [-0.15, -0.1) is 0 Å². The average Bonchev–Trinajstić information content (AvgIpc) is 2.60. The minimum absolute atomic E-state index is 0.109. The monoisotopic (exact) mass is 326 g/mol. The first-order valence-electron chi connectivity index (χ1n) is 8.13. The fourth-order valence-electron chi connectivity index (χ4n) is 2.81. The van der Waals surface area contributed by atoms with Gasteiger partial charge in [0, 0.05) is 24.8 Å². The van der Waals surface area contributed by atoms with Gasteiger partial charge in [-0.1, -0.05) is 17.2 Å². The first kappa shape index (κ1) is 16.4. The molecule has 0 unspecified atom stereocenters. The maximum absolute atomic E-state index is 12.3. The molecule has 126 valence electrons. The second-order valence-corrected chi connectivity index (χ2v) is 5.99. The van der Waals surface area contributed by atoms with Crippen molar-refractivity contribution >= 4 is 11.7 Å². The van der Waals surface area contributed by atoms with Crippen LogP contribution in [0.3, 0.4) is 0 Å². The van der Waals surface area contributed by atoms with Crippen LogP contribution in [0.25, 0.3) is 0 Å². The van der Waals surface area contributed by atoms with Gasteiger partial charge in [0.05, 0.1) is 19.8 Å². The topological polar surface area (TPSA) is 67.4 Å². The van der Waals surface area contributed by atoms with Crippen molar-refractivity contribution in [3.8, 4) is 0 Å². The Morgan fingerprint density at radius 3 is 2.62 bits per heavy atom. The summed E-state index contributed by atoms with van der Waals surface area (Å²) < 4.78 is 5.36. The largest absolute Gasteiger partial charge is 0.378 e. The van der Waals surface area contributed by atoms with Gasteiger partial charge in [0.1, 0.15) is 11.6 Å². The third-order valence-corrected chi connectivity index (χ3v) is 3.92. The Morgan fingerprint density at radius 2 is 1.92 bits per heavy atom. The molecule has 2 aromatic rings. The van der Waals surface area contributed by atoms with E-state index in [0.29, 0.717) is 31.1 Å². The van der Waals surface area contributed by atoms with Gasteiger partial charge in [0.25, 0.3) is 5.91 Å². The molecule has 6 nitrogen and oxygen atoms in total. The molecule has 0 saturated carbocycles. The Labute approximate surface area is 141 Å². The summed E-state index contributed by atoms with van der Waals surface area (Å²) in [6.45, 7) is 7.35. The predicted octanol–water partition coefficient (Wildman–Crippen LogP) is 1.86. The lowest BCUT2D eigenvalue weighted by molar-refractivity contribution is 0.0949. The summed E-state index contributed by atoms with van der Waals surface area (Å²) in [6.07, 6.45) is 1.73. The van der Waals surface area contributed by atoms with Gasteiger partial charge in [-0.25, -0.2) is 9.97 Å². The fraction of sp³-hybridized carbons (Fsp3) is 0.389. The van der Waals surface area contributed by atoms with Gasteiger partial charge < -0.3 is 15.0 Å². The van der Waals surface area contributed by atoms with Crippen LogP contribution in [0, 0.1) is 13.8 Å². The van der Waals surface area contributed by atoms with E-state index < -0.39 is 0 Å². The van der Waals surface area contributed by atoms with Crippen LogP contribution in [0.2, 0.25) is 0 Å². The van der Waals surface area contributed by atoms with Crippen molar-refractivity contribution in [1.29, 1.82) is 0 Å². The molecule has 1 saturated heterocycles. The number of benzene rings is 1. The number of aromatic nitrogens is 2. The van der Waals surface area contributed by atoms with Crippen molar-refractivity contribution in [2.45, 2.75) is 20.4 Å². The number of anilines is 1. The van der Waals surface area contributed by atoms with Gasteiger partial charge in [-0.05, 0) is 32.0 Å². The molecule has 0 aliphatic carbocycles. The molecule has 3 rings (SSSR count). The standard InChI is InChI=1S/C18H22N4O2/c1-13-9-14(2)11-15(10-13)18(23)20-12-16-19-4-3-17(21-16)22-5-7-24-8-6-22/h3-4,9-11H,5-8,12H2,1-2H3,(H,20,23). The zero-order valence-corrected chi connectivity index (χ0v) is 14.1. The van der Waals surface area contributed by atoms with Crippen molar-refractivity contribution in [3.63, 3.8) is 0 Å². The summed E-state index contributed by atoms with van der Waals surface area (Å²) in [5.74, 6) is 1.38. The summed E-state index contributed by atoms with van der Waals surface area (Å²) in [4.78, 5) is 23.3. The molecule has 2 heterocycles. The number of hydrogen-bond donors (Lipinski definition) is 1. The van der Waals surface area contributed by atoms with E-state index in [-0.39, 0.29) is 5.91 Å². The van der Waals surface area contributed by atoms with Crippen LogP contribution >= 0.6 is 0 Å². The normalized spacial score (nSPS) is 14.5. The lowest BCUT2D eigenvalue weighted by atomic mass is 10.1. The summed E-state index contributed by atoms with van der Waals surface area (Å²) >= 11 is 0. The van der Waals surface area contributed by atoms with Crippen LogP contribution in [0.4, 0.5) is 5.82 Å². The molecule has 1 fully saturated rings. The van der Waals surface area contributed by atoms with E-state index in [1.54, 1.807) is 6.20 Å². The molecular formula is C18H22N4O2. The number of ether oxygens (including phenoxy) is 1. The van der Waals surface area contributed by atoms with Crippen molar-refractivity contribution in [3.05, 3.63) is 53.0 Å². The first-order chi connectivity index (χ1) is 11.6. The number of amides is 1. The Morgan fingerprint density at radius 1 is 1.21 bits per heavy atom. The highest BCUT2D eigenvalue weighted by Gasteiger charge is 2.13. The summed E-state index contributed by atoms with van der Waals surface area (Å²) in [6, 6.07) is 7.70. The zero-order valence-electron chi connectivity index (χ0n) is 14.1. The first-order valence-corrected chi connectivity index (χ1v) is 8.13. The van der Waals surface area contributed by atoms with Crippen molar-refractivity contribution in [2.75, 3.05) is 31.2 Å². The smallest absolute Gasteiger partial charge is 0.251 e. The molecule has 1 aromatic carbocycles. The maximum atomic E-state index is 12.3. The third-order valence-electron chi connectivity index (χ3n) is 3.92. The quantitative estimate of drug-likeness (QED) is 0.929. The SMILES string of the molecule is Cc1cc(C)cc(C(=O)NCc2nccc(N3CCOCC3)n2)c1. The summed E-state index contributed by atoms with van der Waals surface area (Å²) in [7, 11) is 0. The molecule has 0 bridgehead atoms. The third kappa shape index (κ3) is 4.08. The lowest BCUT2D eigenvalue weighted by Crippen LogP contribution is -2.37. The highest BCUT2D eigenvalue weighted by atomic mass is 16.5. The zero-order chi connectivity index (χ0) is 16.9. The van der Waals surface area contributed by atoms with E-state index in [9.17, 15) is 4.79 Å². The fourth-order valence-corrected chi connectivity index (χ4v) is 2.81. The van der Waals surface area contributed by atoms with Crippen LogP contribution in [0.15, 0.2) is 30.5 Å². The minimum atomic E-state index is -0.109. The van der Waals surface area contributed by atoms with Crippen LogP contribution < -0.4 is 10.2 Å². The van der Waals surface area contributed by atoms with Gasteiger partial charge >= 0.3 is 0 Å². The highest BCUT2D eigenvalue weighted by molar-refractivity contribution is 5.94. The number of rotatable bonds is 4. The molecule has 1 N–H and O–H groups in total. The van der Waals surface area contributed by atoms with E-state index in [0.717, 1.165) is 30.0 Å². The van der Waals surface area contributed by atoms with Crippen molar-refractivity contribution in [2.24, 2.45) is 0 Å². The summed E-state index contributed by atoms with van der Waals surface area (Å²) in [5.41, 5.74) is 2.81. The van der Waals surface area contributed by atoms with Gasteiger partial charge in [-0.3, -0.25) is 4.79 Å². The van der Waals surface area contributed by atoms with Crippen LogP contribution in [-0.2, 0) is 11.3 Å². The van der Waals surface area contributed by atoms with E-state index in [1.165, 1.54) is 0 Å². The van der Waals surface area contributed by atoms with Crippen molar-refractivity contribution < 1.29 is 9.53 Å². The predicted molar refractivity (Wildman–Crippen MR) is 92.2 cm³/mol. The minimum Gasteiger partial charge on any atom is -0.378 e. The number of hydrogen-bond acceptors (Lipinski definition) is 5. The Bertz CT molecular complexity index is 706. The number of carbonyl (C=O) groups excluding carboxylic acids is 1. The molecule has 0 atom stereocenters. The lowest BCUT2D eigenvalue weighted by Gasteiger charge is -2.27. The van der Waals surface area contributed by atoms with Crippen LogP contribution in [-0.4, -0.2) is 42.2 Å². The molecule has 1 aliphatic rings. The highest BCUT2D eigenvalue weighted by Crippen LogP contribution is 2.12. The van der Waals surface area contributed by atoms with Gasteiger partial charge in [0.2, 0.25) is 0 Å². The van der Waals surface area contributed by atoms with Gasteiger partial charge in [-0.2, -0.15) is 0 Å². The van der Waals surface area contributed by atoms with E-state index in [4.69, 9.17) is 4.74 Å². The average molecular weight is 326 g/mol. The Kier molecular flexibility index (Phi) is 5.05. The van der Waals surface area contributed by atoms with E-state index in [2.05, 4.69) is 20.2 Å². The molecule has 1 aromatic heterocycles. The molecule has 1 amide bonds. The second-order valence-electron chi connectivity index (χ2n) is 5.99.